The number of nitrogens with zero attached hydrogens (tertiary/aromatic N) is 2. The molecule has 1 aliphatic heterocycles. The quantitative estimate of drug-likeness (QED) is 0.677. The number of pyridine rings is 1. The van der Waals surface area contributed by atoms with Gasteiger partial charge in [-0.05, 0) is 12.1 Å². The second kappa shape index (κ2) is 4.18. The van der Waals surface area contributed by atoms with Gasteiger partial charge in [-0.15, -0.1) is 0 Å². The molecule has 2 rings (SSSR count). The van der Waals surface area contributed by atoms with Gasteiger partial charge in [-0.3, -0.25) is 9.59 Å². The number of nitrogens with two attached hydrogens (primary N) is 1. The Balaban J connectivity index is 2.32. The highest BCUT2D eigenvalue weighted by molar-refractivity contribution is 5.98. The van der Waals surface area contributed by atoms with E-state index in [0.717, 1.165) is 0 Å². The van der Waals surface area contributed by atoms with Gasteiger partial charge >= 0.3 is 0 Å². The molecule has 0 spiro atoms. The van der Waals surface area contributed by atoms with Crippen LogP contribution in [0.3, 0.4) is 0 Å². The van der Waals surface area contributed by atoms with E-state index in [-0.39, 0.29) is 12.5 Å². The van der Waals surface area contributed by atoms with Crippen molar-refractivity contribution < 1.29 is 9.59 Å². The van der Waals surface area contributed by atoms with Crippen LogP contribution < -0.4 is 16.0 Å². The summed E-state index contributed by atoms with van der Waals surface area (Å²) in [6.07, 6.45) is 1.58. The standard InChI is InChI=1S/C10H12N4O2/c11-9(16)7-2-1-3-13-10(7)14-5-4-12-8(15)6-14/h1-3H,4-6H2,(H2,11,16)(H,12,15). The van der Waals surface area contributed by atoms with Crippen LogP contribution in [0.1, 0.15) is 10.4 Å². The molecular formula is C10H12N4O2. The number of rotatable bonds is 2. The monoisotopic (exact) mass is 220 g/mol. The number of anilines is 1. The van der Waals surface area contributed by atoms with E-state index >= 15 is 0 Å². The van der Waals surface area contributed by atoms with Crippen molar-refractivity contribution in [2.45, 2.75) is 0 Å². The van der Waals surface area contributed by atoms with Crippen LogP contribution >= 0.6 is 0 Å². The Morgan fingerprint density at radius 3 is 3.06 bits per heavy atom. The van der Waals surface area contributed by atoms with Crippen LogP contribution in [0.5, 0.6) is 0 Å². The number of aromatic nitrogens is 1. The van der Waals surface area contributed by atoms with Gasteiger partial charge in [0, 0.05) is 19.3 Å². The third-order valence-electron chi connectivity index (χ3n) is 2.39. The molecule has 6 heteroatoms. The topological polar surface area (TPSA) is 88.3 Å². The van der Waals surface area contributed by atoms with Gasteiger partial charge in [0.05, 0.1) is 12.1 Å². The highest BCUT2D eigenvalue weighted by Gasteiger charge is 2.21. The van der Waals surface area contributed by atoms with Gasteiger partial charge in [-0.2, -0.15) is 0 Å². The van der Waals surface area contributed by atoms with E-state index in [4.69, 9.17) is 5.73 Å². The molecule has 2 amide bonds. The lowest BCUT2D eigenvalue weighted by molar-refractivity contribution is -0.120. The van der Waals surface area contributed by atoms with E-state index in [1.165, 1.54) is 0 Å². The van der Waals surface area contributed by atoms with E-state index < -0.39 is 5.91 Å². The van der Waals surface area contributed by atoms with Gasteiger partial charge in [0.15, 0.2) is 0 Å². The first-order valence-electron chi connectivity index (χ1n) is 4.95. The highest BCUT2D eigenvalue weighted by atomic mass is 16.2. The van der Waals surface area contributed by atoms with Crippen molar-refractivity contribution in [3.63, 3.8) is 0 Å². The maximum absolute atomic E-state index is 11.2. The average Bonchev–Trinajstić information content (AvgIpc) is 2.29. The number of carbonyl (C=O) groups is 2. The summed E-state index contributed by atoms with van der Waals surface area (Å²) in [6, 6.07) is 3.25. The second-order valence-electron chi connectivity index (χ2n) is 3.51. The van der Waals surface area contributed by atoms with Crippen molar-refractivity contribution in [3.8, 4) is 0 Å². The molecule has 2 heterocycles. The Kier molecular flexibility index (Phi) is 2.72. The molecule has 3 N–H and O–H groups in total. The van der Waals surface area contributed by atoms with Crippen molar-refractivity contribution in [1.29, 1.82) is 0 Å². The maximum atomic E-state index is 11.2. The molecule has 0 aromatic carbocycles. The predicted molar refractivity (Wildman–Crippen MR) is 58.0 cm³/mol. The first-order chi connectivity index (χ1) is 7.68. The smallest absolute Gasteiger partial charge is 0.252 e. The molecule has 0 atom stereocenters. The Bertz CT molecular complexity index is 433. The number of nitrogens with one attached hydrogen (secondary N) is 1. The van der Waals surface area contributed by atoms with Crippen molar-refractivity contribution >= 4 is 17.6 Å². The number of hydrogen-bond donors (Lipinski definition) is 2. The Morgan fingerprint density at radius 1 is 1.56 bits per heavy atom. The summed E-state index contributed by atoms with van der Waals surface area (Å²) >= 11 is 0. The van der Waals surface area contributed by atoms with E-state index in [0.29, 0.717) is 24.5 Å². The molecule has 84 valence electrons. The first kappa shape index (κ1) is 10.4. The van der Waals surface area contributed by atoms with Crippen LogP contribution in [0.25, 0.3) is 0 Å². The lowest BCUT2D eigenvalue weighted by atomic mass is 10.2. The number of primary amides is 1. The van der Waals surface area contributed by atoms with E-state index in [9.17, 15) is 9.59 Å². The molecule has 1 aromatic rings. The minimum atomic E-state index is -0.533. The van der Waals surface area contributed by atoms with Crippen LogP contribution in [0, 0.1) is 0 Å². The van der Waals surface area contributed by atoms with Gasteiger partial charge in [0.2, 0.25) is 5.91 Å². The molecule has 0 bridgehead atoms. The second-order valence-corrected chi connectivity index (χ2v) is 3.51. The number of hydrogen-bond acceptors (Lipinski definition) is 4. The maximum Gasteiger partial charge on any atom is 0.252 e. The van der Waals surface area contributed by atoms with Crippen LogP contribution in [-0.2, 0) is 4.79 Å². The molecule has 1 saturated heterocycles. The van der Waals surface area contributed by atoms with Gasteiger partial charge < -0.3 is 16.0 Å². The molecule has 1 aliphatic rings. The Morgan fingerprint density at radius 2 is 2.38 bits per heavy atom. The zero-order valence-electron chi connectivity index (χ0n) is 8.64. The number of carbonyl (C=O) groups excluding carboxylic acids is 2. The van der Waals surface area contributed by atoms with Crippen molar-refractivity contribution in [3.05, 3.63) is 23.9 Å². The molecule has 0 aliphatic carbocycles. The van der Waals surface area contributed by atoms with Crippen molar-refractivity contribution in [2.24, 2.45) is 5.73 Å². The zero-order valence-corrected chi connectivity index (χ0v) is 8.64. The fourth-order valence-corrected chi connectivity index (χ4v) is 1.66. The molecule has 16 heavy (non-hydrogen) atoms. The molecule has 1 fully saturated rings. The predicted octanol–water partition coefficient (Wildman–Crippen LogP) is -0.883. The van der Waals surface area contributed by atoms with Crippen LogP contribution in [0.2, 0.25) is 0 Å². The van der Waals surface area contributed by atoms with E-state index in [1.54, 1.807) is 23.2 Å². The Labute approximate surface area is 92.4 Å². The minimum Gasteiger partial charge on any atom is -0.365 e. The number of piperazine rings is 1. The summed E-state index contributed by atoms with van der Waals surface area (Å²) in [6.45, 7) is 1.38. The number of amides is 2. The molecule has 6 nitrogen and oxygen atoms in total. The Hall–Kier alpha value is -2.11. The van der Waals surface area contributed by atoms with Crippen LogP contribution in [0.4, 0.5) is 5.82 Å². The summed E-state index contributed by atoms with van der Waals surface area (Å²) in [5.41, 5.74) is 5.59. The lowest BCUT2D eigenvalue weighted by Gasteiger charge is -2.28. The summed E-state index contributed by atoms with van der Waals surface area (Å²) in [4.78, 5) is 28.3. The van der Waals surface area contributed by atoms with Gasteiger partial charge in [-0.1, -0.05) is 0 Å². The minimum absolute atomic E-state index is 0.0766. The largest absolute Gasteiger partial charge is 0.365 e. The van der Waals surface area contributed by atoms with Crippen molar-refractivity contribution in [2.75, 3.05) is 24.5 Å². The SMILES string of the molecule is NC(=O)c1cccnc1N1CCNC(=O)C1. The summed E-state index contributed by atoms with van der Waals surface area (Å²) in [7, 11) is 0. The fraction of sp³-hybridized carbons (Fsp3) is 0.300. The van der Waals surface area contributed by atoms with Gasteiger partial charge in [-0.25, -0.2) is 4.98 Å². The van der Waals surface area contributed by atoms with Gasteiger partial charge in [0.1, 0.15) is 5.82 Å². The van der Waals surface area contributed by atoms with Crippen LogP contribution in [-0.4, -0.2) is 36.4 Å². The van der Waals surface area contributed by atoms with Crippen molar-refractivity contribution in [1.82, 2.24) is 10.3 Å². The summed E-state index contributed by atoms with van der Waals surface area (Å²) < 4.78 is 0. The summed E-state index contributed by atoms with van der Waals surface area (Å²) in [5, 5.41) is 2.71. The third-order valence-corrected chi connectivity index (χ3v) is 2.39. The van der Waals surface area contributed by atoms with Crippen LogP contribution in [0.15, 0.2) is 18.3 Å². The molecule has 0 radical (unpaired) electrons. The lowest BCUT2D eigenvalue weighted by Crippen LogP contribution is -2.48. The zero-order chi connectivity index (χ0) is 11.5. The molecule has 0 unspecified atom stereocenters. The van der Waals surface area contributed by atoms with E-state index in [1.807, 2.05) is 0 Å². The van der Waals surface area contributed by atoms with Gasteiger partial charge in [0.25, 0.3) is 5.91 Å². The summed E-state index contributed by atoms with van der Waals surface area (Å²) in [5.74, 6) is -0.133. The highest BCUT2D eigenvalue weighted by Crippen LogP contribution is 2.16. The van der Waals surface area contributed by atoms with E-state index in [2.05, 4.69) is 10.3 Å². The molecule has 1 aromatic heterocycles. The first-order valence-corrected chi connectivity index (χ1v) is 4.95. The fourth-order valence-electron chi connectivity index (χ4n) is 1.66. The average molecular weight is 220 g/mol. The molecular weight excluding hydrogens is 208 g/mol. The molecule has 0 saturated carbocycles. The normalized spacial score (nSPS) is 15.8. The third kappa shape index (κ3) is 1.95.